The first kappa shape index (κ1) is 15.5. The van der Waals surface area contributed by atoms with Gasteiger partial charge in [0.2, 0.25) is 5.91 Å². The third kappa shape index (κ3) is 3.26. The van der Waals surface area contributed by atoms with Crippen molar-refractivity contribution in [3.05, 3.63) is 40.0 Å². The van der Waals surface area contributed by atoms with E-state index in [4.69, 9.17) is 4.42 Å². The molecule has 0 saturated heterocycles. The summed E-state index contributed by atoms with van der Waals surface area (Å²) in [7, 11) is 2.10. The molecular weight excluding hydrogens is 344 g/mol. The Balaban J connectivity index is 1.40. The van der Waals surface area contributed by atoms with Crippen molar-refractivity contribution in [3.8, 4) is 10.8 Å². The molecule has 3 aromatic rings. The molecule has 0 atom stereocenters. The Hall–Kier alpha value is -2.03. The first-order valence-corrected chi connectivity index (χ1v) is 9.32. The van der Waals surface area contributed by atoms with Crippen LogP contribution in [0.4, 0.5) is 5.13 Å². The molecule has 0 unspecified atom stereocenters. The van der Waals surface area contributed by atoms with Gasteiger partial charge in [0.25, 0.3) is 0 Å². The van der Waals surface area contributed by atoms with E-state index < -0.39 is 0 Å². The molecule has 1 aliphatic rings. The van der Waals surface area contributed by atoms with Crippen molar-refractivity contribution in [1.29, 1.82) is 0 Å². The molecule has 1 amide bonds. The van der Waals surface area contributed by atoms with Crippen LogP contribution >= 0.6 is 22.7 Å². The van der Waals surface area contributed by atoms with E-state index >= 15 is 0 Å². The molecule has 124 valence electrons. The van der Waals surface area contributed by atoms with E-state index in [0.29, 0.717) is 5.13 Å². The number of thiazole rings is 2. The third-order valence-electron chi connectivity index (χ3n) is 3.79. The average Bonchev–Trinajstić information content (AvgIpc) is 3.25. The summed E-state index contributed by atoms with van der Waals surface area (Å²) in [4.78, 5) is 24.7. The molecule has 0 bridgehead atoms. The van der Waals surface area contributed by atoms with E-state index in [2.05, 4.69) is 27.2 Å². The standard InChI is InChI=1S/C16H16N4O2S2/c1-20-5-4-11-13(8-20)24-16(18-11)19-14(21)7-10-9-23-15(17-10)12-3-2-6-22-12/h2-3,6,9H,4-5,7-8H2,1H3,(H,18,19,21). The number of carbonyl (C=O) groups is 1. The van der Waals surface area contributed by atoms with Crippen molar-refractivity contribution >= 4 is 33.7 Å². The zero-order valence-corrected chi connectivity index (χ0v) is 14.7. The molecule has 0 aromatic carbocycles. The van der Waals surface area contributed by atoms with Crippen LogP contribution in [0.3, 0.4) is 0 Å². The number of fused-ring (bicyclic) bond motifs is 1. The van der Waals surface area contributed by atoms with Crippen LogP contribution in [0.25, 0.3) is 10.8 Å². The maximum atomic E-state index is 12.2. The smallest absolute Gasteiger partial charge is 0.232 e. The van der Waals surface area contributed by atoms with Crippen LogP contribution in [0.2, 0.25) is 0 Å². The van der Waals surface area contributed by atoms with Gasteiger partial charge in [0.15, 0.2) is 15.9 Å². The minimum absolute atomic E-state index is 0.0919. The zero-order valence-electron chi connectivity index (χ0n) is 13.1. The van der Waals surface area contributed by atoms with Crippen molar-refractivity contribution < 1.29 is 9.21 Å². The van der Waals surface area contributed by atoms with Crippen LogP contribution in [-0.4, -0.2) is 34.4 Å². The van der Waals surface area contributed by atoms with E-state index in [9.17, 15) is 4.79 Å². The number of hydrogen-bond acceptors (Lipinski definition) is 7. The van der Waals surface area contributed by atoms with Gasteiger partial charge in [-0.2, -0.15) is 0 Å². The van der Waals surface area contributed by atoms with Gasteiger partial charge >= 0.3 is 0 Å². The van der Waals surface area contributed by atoms with E-state index in [0.717, 1.165) is 41.7 Å². The normalized spacial score (nSPS) is 14.5. The van der Waals surface area contributed by atoms with Gasteiger partial charge in [-0.05, 0) is 19.2 Å². The van der Waals surface area contributed by atoms with E-state index in [1.807, 2.05) is 17.5 Å². The summed E-state index contributed by atoms with van der Waals surface area (Å²) in [5, 5.41) is 6.26. The predicted octanol–water partition coefficient (Wildman–Crippen LogP) is 3.03. The Morgan fingerprint density at radius 1 is 1.46 bits per heavy atom. The molecule has 3 aromatic heterocycles. The maximum absolute atomic E-state index is 12.2. The van der Waals surface area contributed by atoms with Gasteiger partial charge in [0, 0.05) is 29.8 Å². The van der Waals surface area contributed by atoms with Gasteiger partial charge < -0.3 is 14.6 Å². The number of hydrogen-bond donors (Lipinski definition) is 1. The van der Waals surface area contributed by atoms with Crippen LogP contribution < -0.4 is 5.32 Å². The van der Waals surface area contributed by atoms with Gasteiger partial charge in [-0.15, -0.1) is 22.7 Å². The number of aromatic nitrogens is 2. The summed E-state index contributed by atoms with van der Waals surface area (Å²) in [6.45, 7) is 1.92. The number of nitrogens with zero attached hydrogens (tertiary/aromatic N) is 3. The second-order valence-electron chi connectivity index (χ2n) is 5.72. The third-order valence-corrected chi connectivity index (χ3v) is 5.70. The fourth-order valence-electron chi connectivity index (χ4n) is 2.61. The molecule has 24 heavy (non-hydrogen) atoms. The number of likely N-dealkylation sites (N-methyl/N-ethyl adjacent to an activating group) is 1. The maximum Gasteiger partial charge on any atom is 0.232 e. The van der Waals surface area contributed by atoms with Crippen LogP contribution in [0.5, 0.6) is 0 Å². The number of amides is 1. The molecule has 1 aliphatic heterocycles. The molecule has 4 heterocycles. The minimum atomic E-state index is -0.0919. The van der Waals surface area contributed by atoms with Crippen LogP contribution in [0.15, 0.2) is 28.2 Å². The quantitative estimate of drug-likeness (QED) is 0.774. The van der Waals surface area contributed by atoms with Gasteiger partial charge in [0.1, 0.15) is 0 Å². The Morgan fingerprint density at radius 2 is 2.38 bits per heavy atom. The van der Waals surface area contributed by atoms with E-state index in [1.54, 1.807) is 17.6 Å². The van der Waals surface area contributed by atoms with Crippen molar-refractivity contribution in [2.45, 2.75) is 19.4 Å². The Kier molecular flexibility index (Phi) is 4.17. The monoisotopic (exact) mass is 360 g/mol. The van der Waals surface area contributed by atoms with Gasteiger partial charge in [0.05, 0.1) is 24.1 Å². The van der Waals surface area contributed by atoms with Crippen molar-refractivity contribution in [2.75, 3.05) is 18.9 Å². The lowest BCUT2D eigenvalue weighted by atomic mass is 10.2. The van der Waals surface area contributed by atoms with E-state index in [-0.39, 0.29) is 12.3 Å². The molecular formula is C16H16N4O2S2. The SMILES string of the molecule is CN1CCc2nc(NC(=O)Cc3csc(-c4ccco4)n3)sc2C1. The lowest BCUT2D eigenvalue weighted by molar-refractivity contribution is -0.115. The summed E-state index contributed by atoms with van der Waals surface area (Å²) >= 11 is 3.04. The summed E-state index contributed by atoms with van der Waals surface area (Å²) in [6.07, 6.45) is 2.79. The molecule has 0 fully saturated rings. The number of furan rings is 1. The molecule has 4 rings (SSSR count). The van der Waals surface area contributed by atoms with Gasteiger partial charge in [-0.3, -0.25) is 4.79 Å². The van der Waals surface area contributed by atoms with Crippen LogP contribution in [-0.2, 0) is 24.2 Å². The minimum Gasteiger partial charge on any atom is -0.462 e. The molecule has 8 heteroatoms. The molecule has 0 spiro atoms. The Bertz CT molecular complexity index is 853. The fourth-order valence-corrected chi connectivity index (χ4v) is 4.50. The van der Waals surface area contributed by atoms with Crippen molar-refractivity contribution in [1.82, 2.24) is 14.9 Å². The number of rotatable bonds is 4. The first-order valence-electron chi connectivity index (χ1n) is 7.62. The van der Waals surface area contributed by atoms with Gasteiger partial charge in [-0.25, -0.2) is 9.97 Å². The summed E-state index contributed by atoms with van der Waals surface area (Å²) in [6, 6.07) is 3.69. The summed E-state index contributed by atoms with van der Waals surface area (Å²) < 4.78 is 5.32. The molecule has 0 radical (unpaired) electrons. The highest BCUT2D eigenvalue weighted by Gasteiger charge is 2.19. The Morgan fingerprint density at radius 3 is 3.21 bits per heavy atom. The average molecular weight is 360 g/mol. The van der Waals surface area contributed by atoms with Crippen LogP contribution in [0.1, 0.15) is 16.3 Å². The highest BCUT2D eigenvalue weighted by Crippen LogP contribution is 2.28. The highest BCUT2D eigenvalue weighted by molar-refractivity contribution is 7.15. The topological polar surface area (TPSA) is 71.3 Å². The Labute approximate surface area is 147 Å². The lowest BCUT2D eigenvalue weighted by Gasteiger charge is -2.20. The zero-order chi connectivity index (χ0) is 16.5. The predicted molar refractivity (Wildman–Crippen MR) is 94.3 cm³/mol. The number of carbonyl (C=O) groups excluding carboxylic acids is 1. The van der Waals surface area contributed by atoms with Crippen molar-refractivity contribution in [3.63, 3.8) is 0 Å². The molecule has 0 saturated carbocycles. The molecule has 1 N–H and O–H groups in total. The van der Waals surface area contributed by atoms with Gasteiger partial charge in [-0.1, -0.05) is 0 Å². The first-order chi connectivity index (χ1) is 11.7. The van der Waals surface area contributed by atoms with Crippen LogP contribution in [0, 0.1) is 0 Å². The second kappa shape index (κ2) is 6.46. The number of nitrogens with one attached hydrogen (secondary N) is 1. The largest absolute Gasteiger partial charge is 0.462 e. The molecule has 0 aliphatic carbocycles. The summed E-state index contributed by atoms with van der Waals surface area (Å²) in [5.41, 5.74) is 1.85. The fraction of sp³-hybridized carbons (Fsp3) is 0.312. The lowest BCUT2D eigenvalue weighted by Crippen LogP contribution is -2.25. The number of anilines is 1. The van der Waals surface area contributed by atoms with E-state index in [1.165, 1.54) is 16.2 Å². The highest BCUT2D eigenvalue weighted by atomic mass is 32.1. The second-order valence-corrected chi connectivity index (χ2v) is 7.66. The summed E-state index contributed by atoms with van der Waals surface area (Å²) in [5.74, 6) is 0.633. The van der Waals surface area contributed by atoms with Crippen molar-refractivity contribution in [2.24, 2.45) is 0 Å². The molecule has 6 nitrogen and oxygen atoms in total.